The smallest absolute Gasteiger partial charge is 0.275 e. The molecule has 1 aromatic carbocycles. The third kappa shape index (κ3) is 4.31. The maximum atomic E-state index is 12.8. The Bertz CT molecular complexity index is 670. The lowest BCUT2D eigenvalue weighted by atomic mass is 10.1. The van der Waals surface area contributed by atoms with Crippen LogP contribution in [0, 0.1) is 5.82 Å². The lowest BCUT2D eigenvalue weighted by Crippen LogP contribution is -2.31. The molecule has 2 aromatic rings. The van der Waals surface area contributed by atoms with Crippen LogP contribution in [0.3, 0.4) is 0 Å². The molecule has 0 radical (unpaired) electrons. The summed E-state index contributed by atoms with van der Waals surface area (Å²) >= 11 is 3.42. The van der Waals surface area contributed by atoms with E-state index in [9.17, 15) is 9.18 Å². The SMILES string of the molecule is CC(C)c1[nH]nc(C(=O)N(C)CCOc2ccc(F)cc2)c1Br. The highest BCUT2D eigenvalue weighted by atomic mass is 79.9. The number of rotatable bonds is 6. The Balaban J connectivity index is 1.91. The number of amides is 1. The molecule has 1 heterocycles. The molecule has 0 fully saturated rings. The number of hydrogen-bond acceptors (Lipinski definition) is 3. The van der Waals surface area contributed by atoms with Gasteiger partial charge in [0.1, 0.15) is 18.2 Å². The highest BCUT2D eigenvalue weighted by molar-refractivity contribution is 9.10. The minimum absolute atomic E-state index is 0.192. The lowest BCUT2D eigenvalue weighted by molar-refractivity contribution is 0.0767. The highest BCUT2D eigenvalue weighted by Crippen LogP contribution is 2.26. The Morgan fingerprint density at radius 2 is 2.04 bits per heavy atom. The van der Waals surface area contributed by atoms with Crippen molar-refractivity contribution >= 4 is 21.8 Å². The van der Waals surface area contributed by atoms with Gasteiger partial charge < -0.3 is 9.64 Å². The molecule has 0 aliphatic rings. The van der Waals surface area contributed by atoms with E-state index in [1.54, 1.807) is 19.2 Å². The van der Waals surface area contributed by atoms with Crippen LogP contribution in [0.1, 0.15) is 35.9 Å². The average molecular weight is 384 g/mol. The third-order valence-corrected chi connectivity index (χ3v) is 4.17. The Labute approximate surface area is 143 Å². The predicted molar refractivity (Wildman–Crippen MR) is 89.2 cm³/mol. The van der Waals surface area contributed by atoms with Crippen molar-refractivity contribution in [2.45, 2.75) is 19.8 Å². The first kappa shape index (κ1) is 17.5. The molecule has 1 amide bonds. The Kier molecular flexibility index (Phi) is 5.76. The van der Waals surface area contributed by atoms with Crippen LogP contribution in [0.25, 0.3) is 0 Å². The van der Waals surface area contributed by atoms with Gasteiger partial charge in [-0.1, -0.05) is 13.8 Å². The number of halogens is 2. The monoisotopic (exact) mass is 383 g/mol. The summed E-state index contributed by atoms with van der Waals surface area (Å²) in [6.45, 7) is 4.75. The fourth-order valence-electron chi connectivity index (χ4n) is 1.98. The molecule has 0 atom stereocenters. The second kappa shape index (κ2) is 7.59. The van der Waals surface area contributed by atoms with Gasteiger partial charge in [0.05, 0.1) is 16.7 Å². The van der Waals surface area contributed by atoms with Crippen molar-refractivity contribution in [3.63, 3.8) is 0 Å². The van der Waals surface area contributed by atoms with E-state index < -0.39 is 0 Å². The fourth-order valence-corrected chi connectivity index (χ4v) is 2.78. The number of nitrogens with zero attached hydrogens (tertiary/aromatic N) is 2. The van der Waals surface area contributed by atoms with E-state index in [2.05, 4.69) is 26.1 Å². The number of likely N-dealkylation sites (N-methyl/N-ethyl adjacent to an activating group) is 1. The van der Waals surface area contributed by atoms with Crippen LogP contribution in [0.2, 0.25) is 0 Å². The summed E-state index contributed by atoms with van der Waals surface area (Å²) in [5, 5.41) is 6.97. The molecule has 0 saturated heterocycles. The third-order valence-electron chi connectivity index (χ3n) is 3.37. The van der Waals surface area contributed by atoms with E-state index in [4.69, 9.17) is 4.74 Å². The van der Waals surface area contributed by atoms with E-state index in [-0.39, 0.29) is 17.6 Å². The van der Waals surface area contributed by atoms with E-state index >= 15 is 0 Å². The standard InChI is InChI=1S/C16H19BrFN3O2/c1-10(2)14-13(17)15(20-19-14)16(22)21(3)8-9-23-12-6-4-11(18)5-7-12/h4-7,10H,8-9H2,1-3H3,(H,19,20). The van der Waals surface area contributed by atoms with E-state index in [0.717, 1.165) is 5.69 Å². The van der Waals surface area contributed by atoms with E-state index in [1.165, 1.54) is 17.0 Å². The molecule has 23 heavy (non-hydrogen) atoms. The van der Waals surface area contributed by atoms with Crippen molar-refractivity contribution in [3.05, 3.63) is 45.9 Å². The summed E-state index contributed by atoms with van der Waals surface area (Å²) in [5.74, 6) is 0.303. The summed E-state index contributed by atoms with van der Waals surface area (Å²) in [6, 6.07) is 5.77. The molecule has 1 aromatic heterocycles. The molecule has 0 bridgehead atoms. The average Bonchev–Trinajstić information content (AvgIpc) is 2.90. The Morgan fingerprint density at radius 1 is 1.39 bits per heavy atom. The van der Waals surface area contributed by atoms with Crippen LogP contribution >= 0.6 is 15.9 Å². The second-order valence-corrected chi connectivity index (χ2v) is 6.28. The van der Waals surface area contributed by atoms with E-state index in [1.807, 2.05) is 13.8 Å². The molecule has 5 nitrogen and oxygen atoms in total. The maximum Gasteiger partial charge on any atom is 0.275 e. The molecule has 0 unspecified atom stereocenters. The molecule has 0 aliphatic heterocycles. The molecule has 0 saturated carbocycles. The van der Waals surface area contributed by atoms with Crippen LogP contribution in [-0.4, -0.2) is 41.2 Å². The van der Waals surface area contributed by atoms with Gasteiger partial charge in [-0.15, -0.1) is 0 Å². The predicted octanol–water partition coefficient (Wildman–Crippen LogP) is 3.59. The molecule has 2 rings (SSSR count). The first-order valence-electron chi connectivity index (χ1n) is 7.27. The van der Waals surface area contributed by atoms with Crippen molar-refractivity contribution in [2.75, 3.05) is 20.2 Å². The van der Waals surface area contributed by atoms with Gasteiger partial charge in [0.15, 0.2) is 5.69 Å². The maximum absolute atomic E-state index is 12.8. The van der Waals surface area contributed by atoms with Crippen LogP contribution < -0.4 is 4.74 Å². The zero-order chi connectivity index (χ0) is 17.0. The second-order valence-electron chi connectivity index (χ2n) is 5.48. The number of hydrogen-bond donors (Lipinski definition) is 1. The molecule has 0 spiro atoms. The Hall–Kier alpha value is -1.89. The number of benzene rings is 1. The number of carbonyl (C=O) groups is 1. The van der Waals surface area contributed by atoms with E-state index in [0.29, 0.717) is 29.1 Å². The number of aromatic amines is 1. The minimum Gasteiger partial charge on any atom is -0.492 e. The van der Waals surface area contributed by atoms with Crippen LogP contribution in [0.5, 0.6) is 5.75 Å². The van der Waals surface area contributed by atoms with Crippen LogP contribution in [0.15, 0.2) is 28.7 Å². The molecule has 124 valence electrons. The summed E-state index contributed by atoms with van der Waals surface area (Å²) in [5.41, 5.74) is 1.25. The molecular weight excluding hydrogens is 365 g/mol. The van der Waals surface area contributed by atoms with Crippen LogP contribution in [0.4, 0.5) is 4.39 Å². The van der Waals surface area contributed by atoms with Crippen molar-refractivity contribution in [2.24, 2.45) is 0 Å². The van der Waals surface area contributed by atoms with Crippen molar-refractivity contribution in [3.8, 4) is 5.75 Å². The summed E-state index contributed by atoms with van der Waals surface area (Å²) < 4.78 is 19.0. The zero-order valence-electron chi connectivity index (χ0n) is 13.3. The summed E-state index contributed by atoms with van der Waals surface area (Å²) in [4.78, 5) is 13.9. The number of carbonyl (C=O) groups excluding carboxylic acids is 1. The van der Waals surface area contributed by atoms with Gasteiger partial charge >= 0.3 is 0 Å². The van der Waals surface area contributed by atoms with Gasteiger partial charge in [-0.25, -0.2) is 4.39 Å². The topological polar surface area (TPSA) is 58.2 Å². The van der Waals surface area contributed by atoms with Crippen molar-refractivity contribution < 1.29 is 13.9 Å². The molecule has 7 heteroatoms. The van der Waals surface area contributed by atoms with Gasteiger partial charge in [-0.05, 0) is 46.1 Å². The highest BCUT2D eigenvalue weighted by Gasteiger charge is 2.22. The lowest BCUT2D eigenvalue weighted by Gasteiger charge is -2.16. The summed E-state index contributed by atoms with van der Waals surface area (Å²) in [6.07, 6.45) is 0. The first-order valence-corrected chi connectivity index (χ1v) is 8.07. The van der Waals surface area contributed by atoms with Gasteiger partial charge in [0.2, 0.25) is 0 Å². The van der Waals surface area contributed by atoms with Gasteiger partial charge in [-0.3, -0.25) is 9.89 Å². The number of ether oxygens (including phenoxy) is 1. The van der Waals surface area contributed by atoms with Gasteiger partial charge in [-0.2, -0.15) is 5.10 Å². The van der Waals surface area contributed by atoms with Crippen molar-refractivity contribution in [1.82, 2.24) is 15.1 Å². The molecule has 0 aliphatic carbocycles. The first-order chi connectivity index (χ1) is 10.9. The quantitative estimate of drug-likeness (QED) is 0.828. The van der Waals surface area contributed by atoms with Gasteiger partial charge in [0.25, 0.3) is 5.91 Å². The Morgan fingerprint density at radius 3 is 2.61 bits per heavy atom. The normalized spacial score (nSPS) is 10.9. The van der Waals surface area contributed by atoms with Gasteiger partial charge in [0, 0.05) is 7.05 Å². The largest absolute Gasteiger partial charge is 0.492 e. The fraction of sp³-hybridized carbons (Fsp3) is 0.375. The number of H-pyrrole nitrogens is 1. The van der Waals surface area contributed by atoms with Crippen LogP contribution in [-0.2, 0) is 0 Å². The van der Waals surface area contributed by atoms with Crippen molar-refractivity contribution in [1.29, 1.82) is 0 Å². The zero-order valence-corrected chi connectivity index (χ0v) is 14.9. The number of aromatic nitrogens is 2. The number of nitrogens with one attached hydrogen (secondary N) is 1. The summed E-state index contributed by atoms with van der Waals surface area (Å²) in [7, 11) is 1.69. The minimum atomic E-state index is -0.311. The molecular formula is C16H19BrFN3O2. The molecule has 1 N–H and O–H groups in total.